The van der Waals surface area contributed by atoms with Crippen LogP contribution in [0.15, 0.2) is 30.3 Å². The average molecular weight is 319 g/mol. The van der Waals surface area contributed by atoms with Crippen LogP contribution in [-0.4, -0.2) is 23.7 Å². The van der Waals surface area contributed by atoms with Crippen LogP contribution < -0.4 is 5.32 Å². The van der Waals surface area contributed by atoms with Crippen molar-refractivity contribution in [2.75, 3.05) is 6.54 Å². The molecule has 1 amide bonds. The Morgan fingerprint density at radius 2 is 1.87 bits per heavy atom. The number of carboxylic acids is 1. The van der Waals surface area contributed by atoms with Gasteiger partial charge in [-0.05, 0) is 29.7 Å². The van der Waals surface area contributed by atoms with Gasteiger partial charge < -0.3 is 15.2 Å². The normalized spacial score (nSPS) is 23.7. The lowest BCUT2D eigenvalue weighted by Crippen LogP contribution is -2.54. The Labute approximate surface area is 137 Å². The molecule has 1 aromatic carbocycles. The molecule has 23 heavy (non-hydrogen) atoms. The first-order chi connectivity index (χ1) is 10.7. The van der Waals surface area contributed by atoms with Gasteiger partial charge in [0.15, 0.2) is 0 Å². The van der Waals surface area contributed by atoms with E-state index in [0.717, 1.165) is 5.56 Å². The summed E-state index contributed by atoms with van der Waals surface area (Å²) in [6.45, 7) is 6.64. The van der Waals surface area contributed by atoms with E-state index in [4.69, 9.17) is 4.74 Å². The van der Waals surface area contributed by atoms with Gasteiger partial charge in [-0.2, -0.15) is 0 Å². The molecular weight excluding hydrogens is 294 g/mol. The molecule has 2 N–H and O–H groups in total. The maximum absolute atomic E-state index is 11.8. The maximum atomic E-state index is 11.8. The Morgan fingerprint density at radius 1 is 1.26 bits per heavy atom. The van der Waals surface area contributed by atoms with E-state index in [1.165, 1.54) is 0 Å². The van der Waals surface area contributed by atoms with Crippen molar-refractivity contribution in [3.8, 4) is 0 Å². The van der Waals surface area contributed by atoms with Gasteiger partial charge in [-0.1, -0.05) is 51.1 Å². The summed E-state index contributed by atoms with van der Waals surface area (Å²) < 4.78 is 5.12. The fourth-order valence-electron chi connectivity index (χ4n) is 2.91. The minimum absolute atomic E-state index is 0.0900. The summed E-state index contributed by atoms with van der Waals surface area (Å²) in [5.41, 5.74) is 0.128. The van der Waals surface area contributed by atoms with Crippen molar-refractivity contribution in [3.05, 3.63) is 35.9 Å². The standard InChI is InChI=1S/C18H25NO4/c1-17(2,3)14-9-18(10-14,15(20)21)12-19-16(22)23-11-13-7-5-4-6-8-13/h4-8,14H,9-12H2,1-3H3,(H,19,22)(H,20,21). The van der Waals surface area contributed by atoms with Crippen LogP contribution in [0, 0.1) is 16.7 Å². The largest absolute Gasteiger partial charge is 0.481 e. The molecule has 0 aliphatic heterocycles. The number of ether oxygens (including phenoxy) is 1. The third-order valence-electron chi connectivity index (χ3n) is 4.74. The molecule has 0 saturated heterocycles. The highest BCUT2D eigenvalue weighted by molar-refractivity contribution is 5.77. The van der Waals surface area contributed by atoms with Gasteiger partial charge >= 0.3 is 12.1 Å². The topological polar surface area (TPSA) is 75.6 Å². The number of hydrogen-bond donors (Lipinski definition) is 2. The highest BCUT2D eigenvalue weighted by Crippen LogP contribution is 2.52. The summed E-state index contributed by atoms with van der Waals surface area (Å²) in [7, 11) is 0. The molecule has 0 unspecified atom stereocenters. The number of amides is 1. The van der Waals surface area contributed by atoms with Crippen LogP contribution in [0.5, 0.6) is 0 Å². The molecule has 1 saturated carbocycles. The second-order valence-corrected chi connectivity index (χ2v) is 7.47. The van der Waals surface area contributed by atoms with Crippen molar-refractivity contribution in [1.82, 2.24) is 5.32 Å². The van der Waals surface area contributed by atoms with E-state index in [-0.39, 0.29) is 18.6 Å². The minimum Gasteiger partial charge on any atom is -0.481 e. The second kappa shape index (κ2) is 6.60. The molecule has 1 aliphatic carbocycles. The van der Waals surface area contributed by atoms with Gasteiger partial charge in [0.05, 0.1) is 5.41 Å². The molecule has 0 spiro atoms. The Hall–Kier alpha value is -2.04. The lowest BCUT2D eigenvalue weighted by molar-refractivity contribution is -0.161. The Kier molecular flexibility index (Phi) is 4.97. The van der Waals surface area contributed by atoms with E-state index in [2.05, 4.69) is 26.1 Å². The third kappa shape index (κ3) is 4.24. The molecule has 1 aliphatic rings. The molecule has 2 rings (SSSR count). The highest BCUT2D eigenvalue weighted by atomic mass is 16.5. The van der Waals surface area contributed by atoms with Gasteiger partial charge in [-0.3, -0.25) is 4.79 Å². The van der Waals surface area contributed by atoms with Crippen LogP contribution in [-0.2, 0) is 16.1 Å². The number of carboxylic acid groups (broad SMARTS) is 1. The number of carbonyl (C=O) groups excluding carboxylic acids is 1. The fourth-order valence-corrected chi connectivity index (χ4v) is 2.91. The predicted molar refractivity (Wildman–Crippen MR) is 86.9 cm³/mol. The molecule has 0 heterocycles. The maximum Gasteiger partial charge on any atom is 0.407 e. The van der Waals surface area contributed by atoms with Crippen molar-refractivity contribution in [2.45, 2.75) is 40.2 Å². The zero-order valence-electron chi connectivity index (χ0n) is 14.0. The van der Waals surface area contributed by atoms with Crippen molar-refractivity contribution >= 4 is 12.1 Å². The van der Waals surface area contributed by atoms with E-state index in [1.54, 1.807) is 0 Å². The van der Waals surface area contributed by atoms with Crippen LogP contribution in [0.25, 0.3) is 0 Å². The van der Waals surface area contributed by atoms with Gasteiger partial charge in [0.25, 0.3) is 0 Å². The van der Waals surface area contributed by atoms with E-state index in [1.807, 2.05) is 30.3 Å². The van der Waals surface area contributed by atoms with Crippen LogP contribution in [0.3, 0.4) is 0 Å². The third-order valence-corrected chi connectivity index (χ3v) is 4.74. The van der Waals surface area contributed by atoms with Gasteiger partial charge in [0.2, 0.25) is 0 Å². The van der Waals surface area contributed by atoms with Crippen molar-refractivity contribution < 1.29 is 19.4 Å². The lowest BCUT2D eigenvalue weighted by atomic mass is 9.54. The number of rotatable bonds is 5. The summed E-state index contributed by atoms with van der Waals surface area (Å²) in [5, 5.41) is 12.1. The smallest absolute Gasteiger partial charge is 0.407 e. The van der Waals surface area contributed by atoms with E-state index in [0.29, 0.717) is 18.8 Å². The van der Waals surface area contributed by atoms with Gasteiger partial charge in [-0.25, -0.2) is 4.79 Å². The zero-order valence-corrected chi connectivity index (χ0v) is 14.0. The quantitative estimate of drug-likeness (QED) is 0.871. The van der Waals surface area contributed by atoms with E-state index in [9.17, 15) is 14.7 Å². The lowest BCUT2D eigenvalue weighted by Gasteiger charge is -2.50. The number of carbonyl (C=O) groups is 2. The monoisotopic (exact) mass is 319 g/mol. The fraction of sp³-hybridized carbons (Fsp3) is 0.556. The van der Waals surface area contributed by atoms with Crippen LogP contribution >= 0.6 is 0 Å². The number of aliphatic carboxylic acids is 1. The van der Waals surface area contributed by atoms with Crippen LogP contribution in [0.2, 0.25) is 0 Å². The summed E-state index contributed by atoms with van der Waals surface area (Å²) in [6.07, 6.45) is 0.601. The van der Waals surface area contributed by atoms with Gasteiger partial charge in [-0.15, -0.1) is 0 Å². The Morgan fingerprint density at radius 3 is 2.39 bits per heavy atom. The summed E-state index contributed by atoms with van der Waals surface area (Å²) >= 11 is 0. The SMILES string of the molecule is CC(C)(C)C1CC(CNC(=O)OCc2ccccc2)(C(=O)O)C1. The number of alkyl carbamates (subject to hydrolysis) is 1. The second-order valence-electron chi connectivity index (χ2n) is 7.47. The molecule has 0 aromatic heterocycles. The summed E-state index contributed by atoms with van der Waals surface area (Å²) in [4.78, 5) is 23.4. The molecule has 0 atom stereocenters. The van der Waals surface area contributed by atoms with E-state index < -0.39 is 17.5 Å². The first kappa shape index (κ1) is 17.3. The summed E-state index contributed by atoms with van der Waals surface area (Å²) in [6, 6.07) is 9.37. The van der Waals surface area contributed by atoms with E-state index >= 15 is 0 Å². The van der Waals surface area contributed by atoms with Crippen molar-refractivity contribution in [1.29, 1.82) is 0 Å². The van der Waals surface area contributed by atoms with Crippen molar-refractivity contribution in [2.24, 2.45) is 16.7 Å². The molecule has 126 valence electrons. The molecule has 5 heteroatoms. The van der Waals surface area contributed by atoms with Crippen LogP contribution in [0.1, 0.15) is 39.2 Å². The number of hydrogen-bond acceptors (Lipinski definition) is 3. The van der Waals surface area contributed by atoms with Gasteiger partial charge in [0, 0.05) is 6.54 Å². The number of benzene rings is 1. The molecule has 0 bridgehead atoms. The Bertz CT molecular complexity index is 556. The minimum atomic E-state index is -0.857. The zero-order chi connectivity index (χ0) is 17.1. The number of nitrogens with one attached hydrogen (secondary N) is 1. The molecule has 1 aromatic rings. The first-order valence-corrected chi connectivity index (χ1v) is 7.91. The first-order valence-electron chi connectivity index (χ1n) is 7.91. The molecule has 0 radical (unpaired) electrons. The predicted octanol–water partition coefficient (Wildman–Crippen LogP) is 3.44. The highest BCUT2D eigenvalue weighted by Gasteiger charge is 2.53. The molecule has 5 nitrogen and oxygen atoms in total. The van der Waals surface area contributed by atoms with Crippen molar-refractivity contribution in [3.63, 3.8) is 0 Å². The van der Waals surface area contributed by atoms with Gasteiger partial charge in [0.1, 0.15) is 6.61 Å². The molecular formula is C18H25NO4. The summed E-state index contributed by atoms with van der Waals surface area (Å²) in [5.74, 6) is -0.484. The van der Waals surface area contributed by atoms with Crippen LogP contribution in [0.4, 0.5) is 4.79 Å². The Balaban J connectivity index is 1.81. The molecule has 1 fully saturated rings. The average Bonchev–Trinajstić information content (AvgIpc) is 2.43.